The Kier molecular flexibility index (Phi) is 5.65. The van der Waals surface area contributed by atoms with E-state index in [2.05, 4.69) is 11.8 Å². The molecule has 2 aromatic carbocycles. The van der Waals surface area contributed by atoms with Gasteiger partial charge >= 0.3 is 0 Å². The molecule has 1 saturated carbocycles. The van der Waals surface area contributed by atoms with E-state index in [1.165, 1.54) is 0 Å². The fourth-order valence-corrected chi connectivity index (χ4v) is 6.03. The lowest BCUT2D eigenvalue weighted by Gasteiger charge is -2.34. The number of nitrogens with two attached hydrogens (primary N) is 1. The second-order valence-corrected chi connectivity index (χ2v) is 10.9. The van der Waals surface area contributed by atoms with Crippen LogP contribution >= 0.6 is 11.6 Å². The van der Waals surface area contributed by atoms with Crippen molar-refractivity contribution in [3.05, 3.63) is 65.3 Å². The number of anilines is 2. The van der Waals surface area contributed by atoms with Crippen molar-refractivity contribution < 1.29 is 8.95 Å². The van der Waals surface area contributed by atoms with Crippen LogP contribution in [0.25, 0.3) is 11.4 Å². The first-order chi connectivity index (χ1) is 15.5. The van der Waals surface area contributed by atoms with E-state index in [0.29, 0.717) is 29.7 Å². The highest BCUT2D eigenvalue weighted by atomic mass is 35.5. The molecule has 5 rings (SSSR count). The van der Waals surface area contributed by atoms with Gasteiger partial charge in [0.2, 0.25) is 0 Å². The van der Waals surface area contributed by atoms with Crippen molar-refractivity contribution >= 4 is 33.9 Å². The number of hydrogen-bond donors (Lipinski definition) is 1. The van der Waals surface area contributed by atoms with Crippen LogP contribution in [0, 0.1) is 0 Å². The minimum atomic E-state index is -1.69. The second kappa shape index (κ2) is 8.46. The van der Waals surface area contributed by atoms with Gasteiger partial charge in [0.1, 0.15) is 22.3 Å². The number of nitrogen functional groups attached to an aromatic ring is 1. The normalized spacial score (nSPS) is 20.7. The van der Waals surface area contributed by atoms with Gasteiger partial charge in [-0.3, -0.25) is 0 Å². The predicted molar refractivity (Wildman–Crippen MR) is 130 cm³/mol. The summed E-state index contributed by atoms with van der Waals surface area (Å²) in [5.41, 5.74) is 8.30. The Bertz CT molecular complexity index is 1150. The molecule has 1 saturated heterocycles. The molecule has 0 amide bonds. The summed E-state index contributed by atoms with van der Waals surface area (Å²) in [7, 11) is -1.69. The summed E-state index contributed by atoms with van der Waals surface area (Å²) in [5.74, 6) is 1.48. The molecule has 0 spiro atoms. The Morgan fingerprint density at radius 3 is 2.50 bits per heavy atom. The lowest BCUT2D eigenvalue weighted by molar-refractivity contribution is 0.0985. The van der Waals surface area contributed by atoms with Crippen LogP contribution in [-0.4, -0.2) is 35.8 Å². The summed E-state index contributed by atoms with van der Waals surface area (Å²) in [4.78, 5) is 12.9. The molecular formula is C24H26ClN4O2S+. The van der Waals surface area contributed by atoms with Crippen LogP contribution in [0.4, 0.5) is 11.5 Å². The van der Waals surface area contributed by atoms with Crippen molar-refractivity contribution in [2.24, 2.45) is 0 Å². The maximum absolute atomic E-state index is 13.7. The first kappa shape index (κ1) is 21.4. The zero-order valence-electron chi connectivity index (χ0n) is 17.9. The van der Waals surface area contributed by atoms with Gasteiger partial charge in [0, 0.05) is 41.7 Å². The number of ether oxygens (including phenoxy) is 1. The molecule has 0 bridgehead atoms. The molecule has 32 heavy (non-hydrogen) atoms. The van der Waals surface area contributed by atoms with Gasteiger partial charge in [0.05, 0.1) is 19.3 Å². The average molecular weight is 470 g/mol. The van der Waals surface area contributed by atoms with E-state index in [4.69, 9.17) is 32.0 Å². The molecule has 1 aliphatic heterocycles. The summed E-state index contributed by atoms with van der Waals surface area (Å²) in [6, 6.07) is 17.1. The lowest BCUT2D eigenvalue weighted by Crippen LogP contribution is -2.44. The van der Waals surface area contributed by atoms with E-state index >= 15 is 0 Å². The van der Waals surface area contributed by atoms with Gasteiger partial charge in [-0.15, -0.1) is 4.21 Å². The van der Waals surface area contributed by atoms with E-state index in [0.717, 1.165) is 41.4 Å². The largest absolute Gasteiger partial charge is 0.399 e. The van der Waals surface area contributed by atoms with E-state index in [-0.39, 0.29) is 6.04 Å². The molecule has 8 heteroatoms. The van der Waals surface area contributed by atoms with Crippen LogP contribution in [0.1, 0.15) is 25.5 Å². The second-order valence-electron chi connectivity index (χ2n) is 8.48. The molecule has 2 aliphatic rings. The Balaban J connectivity index is 1.60. The molecule has 0 radical (unpaired) electrons. The summed E-state index contributed by atoms with van der Waals surface area (Å²) in [6.07, 6.45) is 1.67. The van der Waals surface area contributed by atoms with Crippen LogP contribution in [0.5, 0.6) is 0 Å². The fraction of sp³-hybridized carbons (Fsp3) is 0.333. The SMILES string of the molecule is CC1COCCN1c1cc(C2([SH+](=O)c3ccc(Cl)cc3)CC2)nc(-c2ccc(N)cc2)n1. The zero-order chi connectivity index (χ0) is 22.3. The first-order valence-corrected chi connectivity index (χ1v) is 12.4. The third kappa shape index (κ3) is 4.00. The molecule has 2 heterocycles. The van der Waals surface area contributed by atoms with E-state index < -0.39 is 15.5 Å². The van der Waals surface area contributed by atoms with Crippen LogP contribution in [0.3, 0.4) is 0 Å². The molecule has 2 atom stereocenters. The number of hydrogen-bond acceptors (Lipinski definition) is 6. The smallest absolute Gasteiger partial charge is 0.177 e. The summed E-state index contributed by atoms with van der Waals surface area (Å²) < 4.78 is 18.8. The van der Waals surface area contributed by atoms with E-state index in [9.17, 15) is 4.21 Å². The van der Waals surface area contributed by atoms with Crippen LogP contribution in [0.2, 0.25) is 5.02 Å². The number of nitrogens with zero attached hydrogens (tertiary/aromatic N) is 3. The lowest BCUT2D eigenvalue weighted by atomic mass is 10.1. The number of halogens is 1. The van der Waals surface area contributed by atoms with Crippen molar-refractivity contribution in [2.45, 2.75) is 35.4 Å². The highest BCUT2D eigenvalue weighted by Gasteiger charge is 2.58. The van der Waals surface area contributed by atoms with Crippen LogP contribution < -0.4 is 10.6 Å². The number of thiol groups is 1. The average Bonchev–Trinajstić information content (AvgIpc) is 3.62. The Morgan fingerprint density at radius 2 is 1.84 bits per heavy atom. The summed E-state index contributed by atoms with van der Waals surface area (Å²) in [5, 5.41) is 0.637. The minimum absolute atomic E-state index is 0.200. The standard InChI is InChI=1S/C24H25ClN4O2S/c1-16-15-31-13-12-29(16)22-14-21(27-23(28-22)17-2-6-19(26)7-3-17)24(10-11-24)32(30)20-8-4-18(25)5-9-20/h2-9,14,16H,10-13,15,26H2,1H3/p+1. The van der Waals surface area contributed by atoms with Gasteiger partial charge in [-0.1, -0.05) is 11.6 Å². The summed E-state index contributed by atoms with van der Waals surface area (Å²) >= 11 is 6.04. The Hall–Kier alpha value is -2.48. The van der Waals surface area contributed by atoms with Gasteiger partial charge in [-0.05, 0) is 55.5 Å². The minimum Gasteiger partial charge on any atom is -0.399 e. The Labute approximate surface area is 195 Å². The van der Waals surface area contributed by atoms with Crippen molar-refractivity contribution in [3.8, 4) is 11.4 Å². The highest BCUT2D eigenvalue weighted by Crippen LogP contribution is 2.53. The van der Waals surface area contributed by atoms with Crippen LogP contribution in [-0.2, 0) is 24.5 Å². The van der Waals surface area contributed by atoms with Crippen molar-refractivity contribution in [3.63, 3.8) is 0 Å². The van der Waals surface area contributed by atoms with Gasteiger partial charge in [-0.2, -0.15) is 0 Å². The summed E-state index contributed by atoms with van der Waals surface area (Å²) in [6.45, 7) is 4.20. The highest BCUT2D eigenvalue weighted by molar-refractivity contribution is 7.86. The molecule has 2 fully saturated rings. The predicted octanol–water partition coefficient (Wildman–Crippen LogP) is 4.35. The molecule has 3 aromatic rings. The third-order valence-electron chi connectivity index (χ3n) is 6.19. The van der Waals surface area contributed by atoms with Gasteiger partial charge in [-0.25, -0.2) is 9.97 Å². The van der Waals surface area contributed by atoms with E-state index in [1.807, 2.05) is 42.5 Å². The molecule has 2 N–H and O–H groups in total. The zero-order valence-corrected chi connectivity index (χ0v) is 19.5. The van der Waals surface area contributed by atoms with Gasteiger partial charge in [0.15, 0.2) is 15.5 Å². The molecule has 2 unspecified atom stereocenters. The van der Waals surface area contributed by atoms with Gasteiger partial charge < -0.3 is 15.4 Å². The molecule has 1 aromatic heterocycles. The monoisotopic (exact) mass is 469 g/mol. The molecule has 166 valence electrons. The van der Waals surface area contributed by atoms with Crippen molar-refractivity contribution in [1.82, 2.24) is 9.97 Å². The van der Waals surface area contributed by atoms with E-state index in [1.54, 1.807) is 12.1 Å². The third-order valence-corrected chi connectivity index (χ3v) is 8.67. The fourth-order valence-electron chi connectivity index (χ4n) is 4.15. The molecule has 6 nitrogen and oxygen atoms in total. The number of aromatic nitrogens is 2. The maximum Gasteiger partial charge on any atom is 0.177 e. The molecular weight excluding hydrogens is 444 g/mol. The number of morpholine rings is 1. The number of benzene rings is 2. The van der Waals surface area contributed by atoms with Crippen molar-refractivity contribution in [1.29, 1.82) is 0 Å². The van der Waals surface area contributed by atoms with Crippen molar-refractivity contribution in [2.75, 3.05) is 30.4 Å². The quantitative estimate of drug-likeness (QED) is 0.340. The van der Waals surface area contributed by atoms with Gasteiger partial charge in [0.25, 0.3) is 0 Å². The maximum atomic E-state index is 13.7. The topological polar surface area (TPSA) is 81.3 Å². The van der Waals surface area contributed by atoms with Crippen LogP contribution in [0.15, 0.2) is 59.5 Å². The Morgan fingerprint density at radius 1 is 1.12 bits per heavy atom. The first-order valence-electron chi connectivity index (χ1n) is 10.8. The number of rotatable bonds is 5. The molecule has 1 aliphatic carbocycles.